The van der Waals surface area contributed by atoms with E-state index in [1.54, 1.807) is 0 Å². The zero-order chi connectivity index (χ0) is 11.3. The zero-order valence-corrected chi connectivity index (χ0v) is 8.78. The van der Waals surface area contributed by atoms with Gasteiger partial charge in [0.1, 0.15) is 5.25 Å². The highest BCUT2D eigenvalue weighted by Crippen LogP contribution is 2.18. The summed E-state index contributed by atoms with van der Waals surface area (Å²) in [7, 11) is 1.41. The van der Waals surface area contributed by atoms with Crippen LogP contribution in [0.5, 0.6) is 0 Å². The van der Waals surface area contributed by atoms with Crippen LogP contribution >= 0.6 is 11.8 Å². The molecule has 0 amide bonds. The van der Waals surface area contributed by atoms with Crippen molar-refractivity contribution in [2.24, 2.45) is 0 Å². The Morgan fingerprint density at radius 3 is 3.07 bits per heavy atom. The van der Waals surface area contributed by atoms with Crippen molar-refractivity contribution >= 4 is 17.7 Å². The molecule has 6 nitrogen and oxygen atoms in total. The number of carboxylic acid groups (broad SMARTS) is 1. The van der Waals surface area contributed by atoms with Gasteiger partial charge >= 0.3 is 5.97 Å². The highest BCUT2D eigenvalue weighted by Gasteiger charge is 2.19. The molecule has 1 unspecified atom stereocenters. The largest absolute Gasteiger partial charge is 0.480 e. The Hall–Kier alpha value is -1.34. The second-order valence-electron chi connectivity index (χ2n) is 2.64. The molecular weight excluding hydrogens is 220 g/mol. The van der Waals surface area contributed by atoms with Crippen molar-refractivity contribution in [3.8, 4) is 0 Å². The Bertz CT molecular complexity index is 392. The van der Waals surface area contributed by atoms with E-state index in [9.17, 15) is 9.59 Å². The molecule has 0 bridgehead atoms. The fourth-order valence-electron chi connectivity index (χ4n) is 0.854. The average Bonchev–Trinajstić information content (AvgIpc) is 2.17. The molecule has 2 N–H and O–H groups in total. The van der Waals surface area contributed by atoms with Crippen LogP contribution in [-0.2, 0) is 9.53 Å². The summed E-state index contributed by atoms with van der Waals surface area (Å²) in [6, 6.07) is 1.26. The van der Waals surface area contributed by atoms with Gasteiger partial charge < -0.3 is 14.8 Å². The maximum absolute atomic E-state index is 10.9. The van der Waals surface area contributed by atoms with Crippen molar-refractivity contribution in [3.63, 3.8) is 0 Å². The fraction of sp³-hybridized carbons (Fsp3) is 0.375. The predicted octanol–water partition coefficient (Wildman–Crippen LogP) is -0.0384. The molecule has 0 aromatic carbocycles. The molecule has 1 aromatic heterocycles. The third-order valence-corrected chi connectivity index (χ3v) is 2.55. The molecule has 0 saturated carbocycles. The number of methoxy groups -OCH3 is 1. The Morgan fingerprint density at radius 1 is 1.80 bits per heavy atom. The van der Waals surface area contributed by atoms with Crippen LogP contribution in [0.25, 0.3) is 0 Å². The number of hydrogen-bond donors (Lipinski definition) is 2. The van der Waals surface area contributed by atoms with Crippen molar-refractivity contribution in [1.82, 2.24) is 9.97 Å². The summed E-state index contributed by atoms with van der Waals surface area (Å²) >= 11 is 0.944. The van der Waals surface area contributed by atoms with Crippen LogP contribution < -0.4 is 5.56 Å². The van der Waals surface area contributed by atoms with Gasteiger partial charge in [0.25, 0.3) is 5.56 Å². The number of carboxylic acids is 1. The summed E-state index contributed by atoms with van der Waals surface area (Å²) < 4.78 is 4.75. The van der Waals surface area contributed by atoms with E-state index in [0.29, 0.717) is 0 Å². The number of rotatable bonds is 5. The van der Waals surface area contributed by atoms with Gasteiger partial charge in [-0.1, -0.05) is 11.8 Å². The Labute approximate surface area is 89.7 Å². The molecule has 7 heteroatoms. The summed E-state index contributed by atoms with van der Waals surface area (Å²) in [5.41, 5.74) is -0.311. The van der Waals surface area contributed by atoms with Crippen molar-refractivity contribution in [1.29, 1.82) is 0 Å². The number of carbonyl (C=O) groups is 1. The van der Waals surface area contributed by atoms with E-state index >= 15 is 0 Å². The number of aromatic amines is 1. The van der Waals surface area contributed by atoms with Crippen molar-refractivity contribution in [2.75, 3.05) is 13.7 Å². The highest BCUT2D eigenvalue weighted by atomic mass is 32.2. The highest BCUT2D eigenvalue weighted by molar-refractivity contribution is 8.00. The summed E-state index contributed by atoms with van der Waals surface area (Å²) in [5.74, 6) is -1.01. The number of hydrogen-bond acceptors (Lipinski definition) is 5. The topological polar surface area (TPSA) is 92.3 Å². The van der Waals surface area contributed by atoms with Crippen LogP contribution in [0, 0.1) is 0 Å². The quantitative estimate of drug-likeness (QED) is 0.544. The van der Waals surface area contributed by atoms with Gasteiger partial charge in [0.2, 0.25) is 0 Å². The normalized spacial score (nSPS) is 12.3. The van der Waals surface area contributed by atoms with E-state index < -0.39 is 11.2 Å². The van der Waals surface area contributed by atoms with E-state index in [2.05, 4.69) is 9.97 Å². The lowest BCUT2D eigenvalue weighted by atomic mass is 10.5. The molecule has 0 aliphatic rings. The van der Waals surface area contributed by atoms with Gasteiger partial charge in [0.15, 0.2) is 5.16 Å². The summed E-state index contributed by atoms with van der Waals surface area (Å²) in [6.45, 7) is 0.0542. The summed E-state index contributed by atoms with van der Waals surface area (Å²) in [5, 5.41) is 8.31. The van der Waals surface area contributed by atoms with E-state index in [-0.39, 0.29) is 17.3 Å². The SMILES string of the molecule is COCC(Sc1nccc(=O)[nH]1)C(=O)O. The molecule has 0 radical (unpaired) electrons. The molecule has 0 aliphatic heterocycles. The van der Waals surface area contributed by atoms with Crippen LogP contribution in [0.4, 0.5) is 0 Å². The van der Waals surface area contributed by atoms with E-state index in [1.165, 1.54) is 19.4 Å². The van der Waals surface area contributed by atoms with Crippen LogP contribution in [0.3, 0.4) is 0 Å². The minimum absolute atomic E-state index is 0.0542. The van der Waals surface area contributed by atoms with Gasteiger partial charge in [-0.05, 0) is 0 Å². The second-order valence-corrected chi connectivity index (χ2v) is 3.83. The predicted molar refractivity (Wildman–Crippen MR) is 54.0 cm³/mol. The van der Waals surface area contributed by atoms with E-state index in [1.807, 2.05) is 0 Å². The van der Waals surface area contributed by atoms with Crippen LogP contribution in [0.15, 0.2) is 22.2 Å². The molecule has 1 heterocycles. The first kappa shape index (κ1) is 11.7. The molecule has 0 spiro atoms. The standard InChI is InChI=1S/C8H10N2O4S/c1-14-4-5(7(12)13)15-8-9-3-2-6(11)10-8/h2-3,5H,4H2,1H3,(H,12,13)(H,9,10,11). The molecule has 1 rings (SSSR count). The van der Waals surface area contributed by atoms with Gasteiger partial charge in [0.05, 0.1) is 6.61 Å². The molecular formula is C8H10N2O4S. The fourth-order valence-corrected chi connectivity index (χ4v) is 1.71. The molecule has 0 fully saturated rings. The second kappa shape index (κ2) is 5.52. The monoisotopic (exact) mass is 230 g/mol. The summed E-state index contributed by atoms with van der Waals surface area (Å²) in [6.07, 6.45) is 1.33. The molecule has 0 saturated heterocycles. The molecule has 1 aromatic rings. The van der Waals surface area contributed by atoms with Gasteiger partial charge in [-0.2, -0.15) is 0 Å². The van der Waals surface area contributed by atoms with Crippen LogP contribution in [-0.4, -0.2) is 40.0 Å². The summed E-state index contributed by atoms with van der Waals surface area (Å²) in [4.78, 5) is 27.9. The van der Waals surface area contributed by atoms with E-state index in [0.717, 1.165) is 11.8 Å². The third-order valence-electron chi connectivity index (χ3n) is 1.50. The Balaban J connectivity index is 2.73. The van der Waals surface area contributed by atoms with Gasteiger partial charge in [-0.3, -0.25) is 9.59 Å². The van der Waals surface area contributed by atoms with Crippen molar-refractivity contribution in [3.05, 3.63) is 22.6 Å². The minimum Gasteiger partial charge on any atom is -0.480 e. The van der Waals surface area contributed by atoms with Crippen molar-refractivity contribution < 1.29 is 14.6 Å². The lowest BCUT2D eigenvalue weighted by Gasteiger charge is -2.08. The Morgan fingerprint density at radius 2 is 2.53 bits per heavy atom. The number of nitrogens with zero attached hydrogens (tertiary/aromatic N) is 1. The van der Waals surface area contributed by atoms with Gasteiger partial charge in [0, 0.05) is 19.4 Å². The average molecular weight is 230 g/mol. The number of aliphatic carboxylic acids is 1. The van der Waals surface area contributed by atoms with Gasteiger partial charge in [-0.15, -0.1) is 0 Å². The van der Waals surface area contributed by atoms with Crippen LogP contribution in [0.2, 0.25) is 0 Å². The smallest absolute Gasteiger partial charge is 0.319 e. The number of nitrogens with one attached hydrogen (secondary N) is 1. The third kappa shape index (κ3) is 3.72. The van der Waals surface area contributed by atoms with Gasteiger partial charge in [-0.25, -0.2) is 4.98 Å². The van der Waals surface area contributed by atoms with Crippen molar-refractivity contribution in [2.45, 2.75) is 10.4 Å². The lowest BCUT2D eigenvalue weighted by molar-refractivity contribution is -0.137. The maximum atomic E-state index is 10.9. The van der Waals surface area contributed by atoms with Crippen LogP contribution in [0.1, 0.15) is 0 Å². The molecule has 15 heavy (non-hydrogen) atoms. The number of aromatic nitrogens is 2. The zero-order valence-electron chi connectivity index (χ0n) is 7.97. The minimum atomic E-state index is -1.01. The number of H-pyrrole nitrogens is 1. The Kier molecular flexibility index (Phi) is 4.32. The first-order valence-corrected chi connectivity index (χ1v) is 4.95. The molecule has 82 valence electrons. The maximum Gasteiger partial charge on any atom is 0.319 e. The van der Waals surface area contributed by atoms with E-state index in [4.69, 9.17) is 9.84 Å². The first-order valence-electron chi connectivity index (χ1n) is 4.07. The molecule has 1 atom stereocenters. The lowest BCUT2D eigenvalue weighted by Crippen LogP contribution is -2.22. The number of ether oxygens (including phenoxy) is 1. The molecule has 0 aliphatic carbocycles. The number of thioether (sulfide) groups is 1. The first-order chi connectivity index (χ1) is 7.13.